The van der Waals surface area contributed by atoms with Crippen molar-refractivity contribution in [2.45, 2.75) is 59.9 Å². The molecule has 9 heteroatoms. The number of hydrogen-bond donors (Lipinski definition) is 3. The van der Waals surface area contributed by atoms with E-state index in [1.165, 1.54) is 12.1 Å². The van der Waals surface area contributed by atoms with Gasteiger partial charge in [-0.25, -0.2) is 4.99 Å². The second-order valence-electron chi connectivity index (χ2n) is 8.33. The van der Waals surface area contributed by atoms with Crippen LogP contribution in [0.4, 0.5) is 13.2 Å². The molecule has 0 aliphatic rings. The molecule has 1 amide bonds. The molecular formula is C20H31F3N4O2. The van der Waals surface area contributed by atoms with Crippen LogP contribution in [0.3, 0.4) is 0 Å². The van der Waals surface area contributed by atoms with Crippen LogP contribution in [-0.4, -0.2) is 30.6 Å². The summed E-state index contributed by atoms with van der Waals surface area (Å²) in [4.78, 5) is 15.7. The average molecular weight is 416 g/mol. The van der Waals surface area contributed by atoms with Gasteiger partial charge in [0.2, 0.25) is 5.91 Å². The molecule has 29 heavy (non-hydrogen) atoms. The topological polar surface area (TPSA) is 88.7 Å². The summed E-state index contributed by atoms with van der Waals surface area (Å²) in [5.41, 5.74) is 3.12. The maximum absolute atomic E-state index is 13.5. The van der Waals surface area contributed by atoms with Gasteiger partial charge in [-0.3, -0.25) is 4.79 Å². The Kier molecular flexibility index (Phi) is 7.94. The summed E-state index contributed by atoms with van der Waals surface area (Å²) >= 11 is 0. The number of nitrogens with two attached hydrogens (primary N) is 1. The smallest absolute Gasteiger partial charge is 0.416 e. The number of nitrogens with zero attached hydrogens (tertiary/aromatic N) is 1. The van der Waals surface area contributed by atoms with E-state index >= 15 is 0 Å². The third-order valence-corrected chi connectivity index (χ3v) is 3.93. The SMILES string of the molecule is CCNC(=NCc1ccc(OC(C)(C)C)cc1C(F)(F)F)NCC(C)(C)C(N)=O. The number of halogens is 3. The number of amides is 1. The molecule has 0 unspecified atom stereocenters. The number of primary amides is 1. The molecule has 0 aliphatic carbocycles. The fourth-order valence-corrected chi connectivity index (χ4v) is 2.27. The van der Waals surface area contributed by atoms with E-state index in [1.54, 1.807) is 34.6 Å². The summed E-state index contributed by atoms with van der Waals surface area (Å²) in [5.74, 6) is -0.0506. The molecule has 0 saturated heterocycles. The lowest BCUT2D eigenvalue weighted by Crippen LogP contribution is -2.46. The van der Waals surface area contributed by atoms with E-state index in [4.69, 9.17) is 10.5 Å². The van der Waals surface area contributed by atoms with Crippen LogP contribution in [0.15, 0.2) is 23.2 Å². The molecule has 0 atom stereocenters. The lowest BCUT2D eigenvalue weighted by atomic mass is 9.93. The van der Waals surface area contributed by atoms with Gasteiger partial charge in [0.05, 0.1) is 17.5 Å². The largest absolute Gasteiger partial charge is 0.488 e. The van der Waals surface area contributed by atoms with Crippen LogP contribution in [0, 0.1) is 5.41 Å². The van der Waals surface area contributed by atoms with Crippen LogP contribution >= 0.6 is 0 Å². The van der Waals surface area contributed by atoms with Crippen molar-refractivity contribution in [3.05, 3.63) is 29.3 Å². The van der Waals surface area contributed by atoms with Gasteiger partial charge in [0.25, 0.3) is 0 Å². The first kappa shape index (κ1) is 24.6. The third-order valence-electron chi connectivity index (χ3n) is 3.93. The monoisotopic (exact) mass is 416 g/mol. The molecular weight excluding hydrogens is 385 g/mol. The van der Waals surface area contributed by atoms with Crippen molar-refractivity contribution in [1.29, 1.82) is 0 Å². The van der Waals surface area contributed by atoms with Crippen LogP contribution in [0.2, 0.25) is 0 Å². The number of alkyl halides is 3. The Morgan fingerprint density at radius 1 is 1.14 bits per heavy atom. The Labute approximate surface area is 170 Å². The number of nitrogens with one attached hydrogen (secondary N) is 2. The molecule has 1 rings (SSSR count). The maximum Gasteiger partial charge on any atom is 0.416 e. The van der Waals surface area contributed by atoms with Crippen molar-refractivity contribution in [1.82, 2.24) is 10.6 Å². The molecule has 0 saturated carbocycles. The second-order valence-corrected chi connectivity index (χ2v) is 8.33. The van der Waals surface area contributed by atoms with E-state index in [0.29, 0.717) is 12.5 Å². The molecule has 0 heterocycles. The van der Waals surface area contributed by atoms with Gasteiger partial charge in [0.1, 0.15) is 11.4 Å². The van der Waals surface area contributed by atoms with E-state index in [1.807, 2.05) is 6.92 Å². The Bertz CT molecular complexity index is 738. The molecule has 0 aromatic heterocycles. The van der Waals surface area contributed by atoms with Crippen LogP contribution in [0.1, 0.15) is 52.7 Å². The minimum absolute atomic E-state index is 0.0186. The fraction of sp³-hybridized carbons (Fsp3) is 0.600. The van der Waals surface area contributed by atoms with Gasteiger partial charge in [0.15, 0.2) is 5.96 Å². The van der Waals surface area contributed by atoms with Crippen LogP contribution in [0.5, 0.6) is 5.75 Å². The van der Waals surface area contributed by atoms with Crippen molar-refractivity contribution in [3.8, 4) is 5.75 Å². The molecule has 0 spiro atoms. The van der Waals surface area contributed by atoms with Gasteiger partial charge in [-0.2, -0.15) is 13.2 Å². The molecule has 164 valence electrons. The number of benzene rings is 1. The zero-order chi connectivity index (χ0) is 22.5. The lowest BCUT2D eigenvalue weighted by Gasteiger charge is -2.23. The number of carbonyl (C=O) groups is 1. The quantitative estimate of drug-likeness (QED) is 0.469. The molecule has 6 nitrogen and oxygen atoms in total. The molecule has 0 bridgehead atoms. The van der Waals surface area contributed by atoms with Gasteiger partial charge in [-0.15, -0.1) is 0 Å². The van der Waals surface area contributed by atoms with Crippen molar-refractivity contribution in [2.24, 2.45) is 16.1 Å². The fourth-order valence-electron chi connectivity index (χ4n) is 2.27. The Hall–Kier alpha value is -2.45. The average Bonchev–Trinajstić information content (AvgIpc) is 2.55. The molecule has 0 radical (unpaired) electrons. The summed E-state index contributed by atoms with van der Waals surface area (Å²) in [7, 11) is 0. The van der Waals surface area contributed by atoms with Gasteiger partial charge in [0, 0.05) is 13.1 Å². The van der Waals surface area contributed by atoms with Crippen LogP contribution in [-0.2, 0) is 17.5 Å². The predicted molar refractivity (Wildman–Crippen MR) is 108 cm³/mol. The molecule has 4 N–H and O–H groups in total. The standard InChI is InChI=1S/C20H31F3N4O2/c1-7-25-17(27-12-19(5,6)16(24)28)26-11-13-8-9-14(29-18(2,3)4)10-15(13)20(21,22)23/h8-10H,7,11-12H2,1-6H3,(H2,24,28)(H2,25,26,27). The summed E-state index contributed by atoms with van der Waals surface area (Å²) < 4.78 is 46.2. The molecule has 1 aromatic carbocycles. The van der Waals surface area contributed by atoms with Gasteiger partial charge in [-0.1, -0.05) is 6.07 Å². The van der Waals surface area contributed by atoms with Crippen LogP contribution < -0.4 is 21.1 Å². The van der Waals surface area contributed by atoms with E-state index in [2.05, 4.69) is 15.6 Å². The van der Waals surface area contributed by atoms with E-state index in [0.717, 1.165) is 6.07 Å². The minimum atomic E-state index is -4.54. The first-order valence-corrected chi connectivity index (χ1v) is 9.37. The molecule has 0 aliphatic heterocycles. The number of guanidine groups is 1. The second kappa shape index (κ2) is 9.37. The minimum Gasteiger partial charge on any atom is -0.488 e. The number of carbonyl (C=O) groups excluding carboxylic acids is 1. The number of aliphatic imine (C=N–C) groups is 1. The highest BCUT2D eigenvalue weighted by molar-refractivity contribution is 5.83. The van der Waals surface area contributed by atoms with Crippen LogP contribution in [0.25, 0.3) is 0 Å². The van der Waals surface area contributed by atoms with Crippen molar-refractivity contribution >= 4 is 11.9 Å². The highest BCUT2D eigenvalue weighted by Gasteiger charge is 2.34. The number of hydrogen-bond acceptors (Lipinski definition) is 3. The third kappa shape index (κ3) is 8.21. The molecule has 0 fully saturated rings. The maximum atomic E-state index is 13.5. The zero-order valence-corrected chi connectivity index (χ0v) is 17.8. The highest BCUT2D eigenvalue weighted by atomic mass is 19.4. The summed E-state index contributed by atoms with van der Waals surface area (Å²) in [5, 5.41) is 5.89. The van der Waals surface area contributed by atoms with Crippen molar-refractivity contribution in [3.63, 3.8) is 0 Å². The van der Waals surface area contributed by atoms with Gasteiger partial charge in [-0.05, 0) is 59.2 Å². The Balaban J connectivity index is 3.10. The summed E-state index contributed by atoms with van der Waals surface area (Å²) in [6.07, 6.45) is -4.54. The first-order valence-electron chi connectivity index (χ1n) is 9.37. The molecule has 1 aromatic rings. The van der Waals surface area contributed by atoms with Crippen molar-refractivity contribution < 1.29 is 22.7 Å². The first-order chi connectivity index (χ1) is 13.2. The lowest BCUT2D eigenvalue weighted by molar-refractivity contribution is -0.138. The van der Waals surface area contributed by atoms with Crippen molar-refractivity contribution in [2.75, 3.05) is 13.1 Å². The van der Waals surface area contributed by atoms with E-state index in [9.17, 15) is 18.0 Å². The van der Waals surface area contributed by atoms with E-state index in [-0.39, 0.29) is 24.4 Å². The number of rotatable bonds is 7. The Morgan fingerprint density at radius 3 is 2.24 bits per heavy atom. The number of ether oxygens (including phenoxy) is 1. The van der Waals surface area contributed by atoms with E-state index < -0.39 is 28.7 Å². The predicted octanol–water partition coefficient (Wildman–Crippen LogP) is 3.45. The van der Waals surface area contributed by atoms with Gasteiger partial charge < -0.3 is 21.1 Å². The summed E-state index contributed by atoms with van der Waals surface area (Å²) in [6.45, 7) is 11.0. The van der Waals surface area contributed by atoms with Gasteiger partial charge >= 0.3 is 6.18 Å². The summed E-state index contributed by atoms with van der Waals surface area (Å²) in [6, 6.07) is 3.86. The Morgan fingerprint density at radius 2 is 1.76 bits per heavy atom. The normalized spacial score (nSPS) is 13.2. The highest BCUT2D eigenvalue weighted by Crippen LogP contribution is 2.35. The zero-order valence-electron chi connectivity index (χ0n) is 17.8.